The van der Waals surface area contributed by atoms with E-state index >= 15 is 0 Å². The Labute approximate surface area is 152 Å². The number of hydrogen-bond donors (Lipinski definition) is 0. The average Bonchev–Trinajstić information content (AvgIpc) is 2.57. The van der Waals surface area contributed by atoms with Crippen molar-refractivity contribution in [1.29, 1.82) is 0 Å². The van der Waals surface area contributed by atoms with Gasteiger partial charge in [-0.3, -0.25) is 0 Å². The van der Waals surface area contributed by atoms with Crippen LogP contribution in [0.3, 0.4) is 0 Å². The Morgan fingerprint density at radius 2 is 0.708 bits per heavy atom. The van der Waals surface area contributed by atoms with Crippen molar-refractivity contribution in [1.82, 2.24) is 0 Å². The summed E-state index contributed by atoms with van der Waals surface area (Å²) >= 11 is 0. The average molecular weight is 341 g/mol. The topological polar surface area (TPSA) is 18.5 Å². The first-order chi connectivity index (χ1) is 11.4. The fraction of sp³-hybridized carbons (Fsp3) is 1.00. The summed E-state index contributed by atoms with van der Waals surface area (Å²) in [6.45, 7) is 15.5. The second-order valence-corrected chi connectivity index (χ2v) is 9.02. The van der Waals surface area contributed by atoms with Crippen molar-refractivity contribution in [3.8, 4) is 0 Å². The molecule has 3 rings (SSSR count). The fourth-order valence-corrected chi connectivity index (χ4v) is 3.46. The summed E-state index contributed by atoms with van der Waals surface area (Å²) in [5.74, 6) is 3.63. The predicted molar refractivity (Wildman–Crippen MR) is 104 cm³/mol. The highest BCUT2D eigenvalue weighted by atomic mass is 16.5. The molecule has 0 bridgehead atoms. The first-order valence-electron chi connectivity index (χ1n) is 10.6. The molecule has 0 radical (unpaired) electrons. The van der Waals surface area contributed by atoms with Crippen molar-refractivity contribution in [2.75, 3.05) is 13.2 Å². The van der Waals surface area contributed by atoms with Gasteiger partial charge in [-0.05, 0) is 63.2 Å². The Morgan fingerprint density at radius 1 is 0.417 bits per heavy atom. The summed E-state index contributed by atoms with van der Waals surface area (Å²) in [5, 5.41) is 0. The van der Waals surface area contributed by atoms with Crippen LogP contribution in [0.25, 0.3) is 0 Å². The van der Waals surface area contributed by atoms with E-state index in [1.165, 1.54) is 51.4 Å². The molecule has 0 aromatic rings. The van der Waals surface area contributed by atoms with Crippen LogP contribution < -0.4 is 0 Å². The molecule has 144 valence electrons. The third-order valence-corrected chi connectivity index (χ3v) is 5.77. The largest absolute Gasteiger partial charge is 0.378 e. The molecule has 0 N–H and O–H groups in total. The van der Waals surface area contributed by atoms with Gasteiger partial charge in [0, 0.05) is 13.2 Å². The molecule has 1 aliphatic carbocycles. The molecular weight excluding hydrogens is 296 g/mol. The number of rotatable bonds is 0. The molecule has 0 aromatic heterocycles. The van der Waals surface area contributed by atoms with Crippen LogP contribution >= 0.6 is 0 Å². The minimum Gasteiger partial charge on any atom is -0.378 e. The molecule has 3 fully saturated rings. The van der Waals surface area contributed by atoms with Gasteiger partial charge in [0.25, 0.3) is 0 Å². The highest BCUT2D eigenvalue weighted by Gasteiger charge is 2.14. The molecule has 1 saturated carbocycles. The van der Waals surface area contributed by atoms with E-state index in [0.29, 0.717) is 12.2 Å². The molecule has 4 atom stereocenters. The minimum absolute atomic E-state index is 0.520. The molecule has 0 aromatic carbocycles. The first kappa shape index (κ1) is 22.0. The Balaban J connectivity index is 0.000000180. The third kappa shape index (κ3) is 10.7. The van der Waals surface area contributed by atoms with Crippen LogP contribution in [0.2, 0.25) is 0 Å². The van der Waals surface area contributed by atoms with Gasteiger partial charge in [-0.25, -0.2) is 0 Å². The molecule has 2 saturated heterocycles. The number of ether oxygens (including phenoxy) is 2. The monoisotopic (exact) mass is 340 g/mol. The summed E-state index contributed by atoms with van der Waals surface area (Å²) in [7, 11) is 0. The SMILES string of the molecule is CC1CCC(C)CC1.CC1CCC(C)OC1.CC1CCC(C)OC1. The Morgan fingerprint density at radius 3 is 0.917 bits per heavy atom. The van der Waals surface area contributed by atoms with Gasteiger partial charge in [-0.1, -0.05) is 53.4 Å². The van der Waals surface area contributed by atoms with Gasteiger partial charge in [-0.15, -0.1) is 0 Å². The van der Waals surface area contributed by atoms with E-state index in [4.69, 9.17) is 9.47 Å². The van der Waals surface area contributed by atoms with Crippen LogP contribution in [-0.4, -0.2) is 25.4 Å². The smallest absolute Gasteiger partial charge is 0.0547 e. The highest BCUT2D eigenvalue weighted by molar-refractivity contribution is 4.66. The summed E-state index contributed by atoms with van der Waals surface area (Å²) in [4.78, 5) is 0. The van der Waals surface area contributed by atoms with Crippen LogP contribution in [0, 0.1) is 23.7 Å². The van der Waals surface area contributed by atoms with Gasteiger partial charge in [0.2, 0.25) is 0 Å². The molecule has 2 heteroatoms. The lowest BCUT2D eigenvalue weighted by Gasteiger charge is -2.23. The molecule has 2 nitrogen and oxygen atoms in total. The summed E-state index contributed by atoms with van der Waals surface area (Å²) in [6.07, 6.45) is 12.1. The lowest BCUT2D eigenvalue weighted by molar-refractivity contribution is 0.000174. The molecule has 2 aliphatic heterocycles. The van der Waals surface area contributed by atoms with Gasteiger partial charge in [0.15, 0.2) is 0 Å². The zero-order chi connectivity index (χ0) is 17.9. The Bertz CT molecular complexity index is 203. The molecule has 24 heavy (non-hydrogen) atoms. The Kier molecular flexibility index (Phi) is 11.3. The minimum atomic E-state index is 0.520. The van der Waals surface area contributed by atoms with Crippen molar-refractivity contribution < 1.29 is 9.47 Å². The van der Waals surface area contributed by atoms with Gasteiger partial charge >= 0.3 is 0 Å². The van der Waals surface area contributed by atoms with Crippen LogP contribution in [0.4, 0.5) is 0 Å². The Hall–Kier alpha value is -0.0800. The summed E-state index contributed by atoms with van der Waals surface area (Å²) in [5.41, 5.74) is 0. The molecule has 2 heterocycles. The second kappa shape index (κ2) is 12.3. The van der Waals surface area contributed by atoms with Gasteiger partial charge in [-0.2, -0.15) is 0 Å². The summed E-state index contributed by atoms with van der Waals surface area (Å²) < 4.78 is 10.8. The van der Waals surface area contributed by atoms with Gasteiger partial charge in [0.1, 0.15) is 0 Å². The van der Waals surface area contributed by atoms with Crippen molar-refractivity contribution >= 4 is 0 Å². The first-order valence-corrected chi connectivity index (χ1v) is 10.6. The van der Waals surface area contributed by atoms with E-state index in [-0.39, 0.29) is 0 Å². The van der Waals surface area contributed by atoms with Gasteiger partial charge < -0.3 is 9.47 Å². The highest BCUT2D eigenvalue weighted by Crippen LogP contribution is 2.27. The normalized spacial score (nSPS) is 39.8. The maximum atomic E-state index is 5.39. The standard InChI is InChI=1S/C8H16.2C7H14O/c1-7-3-5-8(2)6-4-7;2*1-6-3-4-7(2)8-5-6/h7-8H,3-6H2,1-2H3;2*6-7H,3-5H2,1-2H3. The molecule has 3 aliphatic rings. The van der Waals surface area contributed by atoms with Crippen LogP contribution in [0.1, 0.15) is 92.9 Å². The molecule has 4 unspecified atom stereocenters. The molecular formula is C22H44O2. The van der Waals surface area contributed by atoms with E-state index in [0.717, 1.165) is 36.9 Å². The number of hydrogen-bond acceptors (Lipinski definition) is 2. The molecule has 0 amide bonds. The van der Waals surface area contributed by atoms with Crippen molar-refractivity contribution in [2.24, 2.45) is 23.7 Å². The van der Waals surface area contributed by atoms with E-state index in [2.05, 4.69) is 41.5 Å². The van der Waals surface area contributed by atoms with Crippen LogP contribution in [-0.2, 0) is 9.47 Å². The maximum absolute atomic E-state index is 5.39. The lowest BCUT2D eigenvalue weighted by Crippen LogP contribution is -2.21. The lowest BCUT2D eigenvalue weighted by atomic mass is 9.84. The van der Waals surface area contributed by atoms with Crippen LogP contribution in [0.15, 0.2) is 0 Å². The molecule has 0 spiro atoms. The van der Waals surface area contributed by atoms with E-state index in [9.17, 15) is 0 Å². The predicted octanol–water partition coefficient (Wildman–Crippen LogP) is 6.48. The summed E-state index contributed by atoms with van der Waals surface area (Å²) in [6, 6.07) is 0. The third-order valence-electron chi connectivity index (χ3n) is 5.77. The van der Waals surface area contributed by atoms with E-state index in [1.54, 1.807) is 0 Å². The quantitative estimate of drug-likeness (QED) is 0.502. The zero-order valence-electron chi connectivity index (χ0n) is 17.4. The second-order valence-electron chi connectivity index (χ2n) is 9.02. The van der Waals surface area contributed by atoms with Crippen molar-refractivity contribution in [3.05, 3.63) is 0 Å². The van der Waals surface area contributed by atoms with Gasteiger partial charge in [0.05, 0.1) is 12.2 Å². The fourth-order valence-electron chi connectivity index (χ4n) is 3.46. The van der Waals surface area contributed by atoms with Crippen molar-refractivity contribution in [3.63, 3.8) is 0 Å². The van der Waals surface area contributed by atoms with Crippen molar-refractivity contribution in [2.45, 2.75) is 105 Å². The van der Waals surface area contributed by atoms with E-state index in [1.807, 2.05) is 0 Å². The maximum Gasteiger partial charge on any atom is 0.0547 e. The van der Waals surface area contributed by atoms with Crippen LogP contribution in [0.5, 0.6) is 0 Å². The van der Waals surface area contributed by atoms with E-state index < -0.39 is 0 Å². The zero-order valence-corrected chi connectivity index (χ0v) is 17.4.